The topological polar surface area (TPSA) is 75.7 Å². The highest BCUT2D eigenvalue weighted by Gasteiger charge is 2.27. The molecule has 6 heteroatoms. The van der Waals surface area contributed by atoms with Gasteiger partial charge in [-0.25, -0.2) is 4.79 Å². The van der Waals surface area contributed by atoms with Gasteiger partial charge in [-0.05, 0) is 37.5 Å². The van der Waals surface area contributed by atoms with E-state index in [1.807, 2.05) is 30.3 Å². The van der Waals surface area contributed by atoms with Gasteiger partial charge in [0, 0.05) is 25.4 Å². The molecule has 3 rings (SSSR count). The molecular formula is C24H28N2O4. The number of ether oxygens (including phenoxy) is 1. The maximum Gasteiger partial charge on any atom is 0.341 e. The Morgan fingerprint density at radius 2 is 1.80 bits per heavy atom. The van der Waals surface area contributed by atoms with Crippen LogP contribution in [0.15, 0.2) is 54.6 Å². The van der Waals surface area contributed by atoms with Gasteiger partial charge in [0.1, 0.15) is 0 Å². The molecule has 1 aliphatic rings. The van der Waals surface area contributed by atoms with E-state index in [2.05, 4.69) is 12.2 Å². The summed E-state index contributed by atoms with van der Waals surface area (Å²) in [6, 6.07) is 16.9. The van der Waals surface area contributed by atoms with Crippen LogP contribution in [-0.2, 0) is 14.3 Å². The summed E-state index contributed by atoms with van der Waals surface area (Å²) in [5.41, 5.74) is 1.99. The zero-order chi connectivity index (χ0) is 21.5. The molecule has 1 N–H and O–H groups in total. The van der Waals surface area contributed by atoms with Gasteiger partial charge in [-0.1, -0.05) is 49.4 Å². The van der Waals surface area contributed by atoms with Crippen LogP contribution in [0.5, 0.6) is 0 Å². The molecule has 2 atom stereocenters. The summed E-state index contributed by atoms with van der Waals surface area (Å²) in [5, 5.41) is 2.88. The third-order valence-electron chi connectivity index (χ3n) is 5.43. The summed E-state index contributed by atoms with van der Waals surface area (Å²) in [6.45, 7) is 4.68. The molecule has 0 radical (unpaired) electrons. The van der Waals surface area contributed by atoms with Crippen molar-refractivity contribution in [3.63, 3.8) is 0 Å². The van der Waals surface area contributed by atoms with Crippen LogP contribution in [0.3, 0.4) is 0 Å². The highest BCUT2D eigenvalue weighted by Crippen LogP contribution is 2.26. The van der Waals surface area contributed by atoms with Crippen molar-refractivity contribution in [1.29, 1.82) is 0 Å². The Kier molecular flexibility index (Phi) is 7.22. The van der Waals surface area contributed by atoms with Crippen LogP contribution in [-0.4, -0.2) is 37.0 Å². The standard InChI is InChI=1S/C24H28N2O4/c1-3-18(19-10-5-4-6-11-19)16-25-23(28)17(2)30-24(29)20-12-7-8-13-21(20)26-15-9-14-22(26)27/h4-8,10-13,17-18H,3,9,14-16H2,1-2H3,(H,25,28)/t17-,18+/m0/s1. The van der Waals surface area contributed by atoms with Crippen molar-refractivity contribution >= 4 is 23.5 Å². The number of para-hydroxylation sites is 1. The van der Waals surface area contributed by atoms with Crippen molar-refractivity contribution in [3.8, 4) is 0 Å². The molecule has 2 amide bonds. The second-order valence-corrected chi connectivity index (χ2v) is 7.47. The molecule has 0 aromatic heterocycles. The SMILES string of the molecule is CC[C@H](CNC(=O)[C@H](C)OC(=O)c1ccccc1N1CCCC1=O)c1ccccc1. The maximum atomic E-state index is 12.7. The van der Waals surface area contributed by atoms with Crippen LogP contribution in [0.1, 0.15) is 54.9 Å². The highest BCUT2D eigenvalue weighted by atomic mass is 16.5. The summed E-state index contributed by atoms with van der Waals surface area (Å²) in [5.74, 6) is -0.761. The van der Waals surface area contributed by atoms with Crippen molar-refractivity contribution in [2.24, 2.45) is 0 Å². The van der Waals surface area contributed by atoms with E-state index in [9.17, 15) is 14.4 Å². The Labute approximate surface area is 177 Å². The fourth-order valence-electron chi connectivity index (χ4n) is 3.65. The van der Waals surface area contributed by atoms with Crippen LogP contribution < -0.4 is 10.2 Å². The molecule has 0 bridgehead atoms. The van der Waals surface area contributed by atoms with Crippen LogP contribution in [0.4, 0.5) is 5.69 Å². The fourth-order valence-corrected chi connectivity index (χ4v) is 3.65. The number of nitrogens with one attached hydrogen (secondary N) is 1. The predicted molar refractivity (Wildman–Crippen MR) is 115 cm³/mol. The minimum absolute atomic E-state index is 0.00689. The van der Waals surface area contributed by atoms with E-state index in [1.54, 1.807) is 36.1 Å². The Hall–Kier alpha value is -3.15. The number of anilines is 1. The van der Waals surface area contributed by atoms with Gasteiger partial charge in [-0.2, -0.15) is 0 Å². The number of benzene rings is 2. The van der Waals surface area contributed by atoms with E-state index in [-0.39, 0.29) is 17.7 Å². The van der Waals surface area contributed by atoms with Crippen LogP contribution in [0, 0.1) is 0 Å². The molecule has 1 fully saturated rings. The fraction of sp³-hybridized carbons (Fsp3) is 0.375. The number of rotatable bonds is 8. The number of carbonyl (C=O) groups is 3. The zero-order valence-electron chi connectivity index (χ0n) is 17.5. The average molecular weight is 408 g/mol. The smallest absolute Gasteiger partial charge is 0.341 e. The van der Waals surface area contributed by atoms with E-state index in [4.69, 9.17) is 4.74 Å². The average Bonchev–Trinajstić information content (AvgIpc) is 3.20. The number of hydrogen-bond donors (Lipinski definition) is 1. The first-order valence-electron chi connectivity index (χ1n) is 10.4. The summed E-state index contributed by atoms with van der Waals surface area (Å²) in [7, 11) is 0. The molecule has 2 aromatic carbocycles. The normalized spacial score (nSPS) is 15.5. The first kappa shape index (κ1) is 21.6. The molecule has 2 aromatic rings. The lowest BCUT2D eigenvalue weighted by molar-refractivity contribution is -0.129. The third kappa shape index (κ3) is 5.06. The van der Waals surface area contributed by atoms with Crippen molar-refractivity contribution < 1.29 is 19.1 Å². The van der Waals surface area contributed by atoms with E-state index in [0.717, 1.165) is 18.4 Å². The summed E-state index contributed by atoms with van der Waals surface area (Å²) in [4.78, 5) is 38.9. The molecule has 1 aliphatic heterocycles. The van der Waals surface area contributed by atoms with E-state index in [1.165, 1.54) is 0 Å². The highest BCUT2D eigenvalue weighted by molar-refractivity contribution is 6.04. The molecule has 158 valence electrons. The summed E-state index contributed by atoms with van der Waals surface area (Å²) < 4.78 is 5.42. The monoisotopic (exact) mass is 408 g/mol. The second-order valence-electron chi connectivity index (χ2n) is 7.47. The molecule has 30 heavy (non-hydrogen) atoms. The van der Waals surface area contributed by atoms with Crippen molar-refractivity contribution in [1.82, 2.24) is 5.32 Å². The molecule has 0 aliphatic carbocycles. The van der Waals surface area contributed by atoms with Gasteiger partial charge in [0.05, 0.1) is 11.3 Å². The van der Waals surface area contributed by atoms with Gasteiger partial charge in [-0.3, -0.25) is 9.59 Å². The molecule has 0 spiro atoms. The lowest BCUT2D eigenvalue weighted by Gasteiger charge is -2.21. The maximum absolute atomic E-state index is 12.7. The van der Waals surface area contributed by atoms with Crippen LogP contribution in [0.25, 0.3) is 0 Å². The van der Waals surface area contributed by atoms with Crippen LogP contribution in [0.2, 0.25) is 0 Å². The Balaban J connectivity index is 1.60. The van der Waals surface area contributed by atoms with Gasteiger partial charge in [-0.15, -0.1) is 0 Å². The summed E-state index contributed by atoms with van der Waals surface area (Å²) >= 11 is 0. The Bertz CT molecular complexity index is 897. The lowest BCUT2D eigenvalue weighted by Crippen LogP contribution is -2.38. The van der Waals surface area contributed by atoms with Gasteiger partial charge in [0.15, 0.2) is 6.10 Å². The molecule has 1 saturated heterocycles. The zero-order valence-corrected chi connectivity index (χ0v) is 17.5. The number of hydrogen-bond acceptors (Lipinski definition) is 4. The number of esters is 1. The first-order valence-corrected chi connectivity index (χ1v) is 10.4. The number of amides is 2. The van der Waals surface area contributed by atoms with Crippen molar-refractivity contribution in [3.05, 3.63) is 65.7 Å². The minimum Gasteiger partial charge on any atom is -0.449 e. The Morgan fingerprint density at radius 1 is 1.10 bits per heavy atom. The van der Waals surface area contributed by atoms with E-state index >= 15 is 0 Å². The van der Waals surface area contributed by atoms with E-state index in [0.29, 0.717) is 30.8 Å². The molecule has 0 unspecified atom stereocenters. The minimum atomic E-state index is -0.937. The second kappa shape index (κ2) is 10.1. The molecular weight excluding hydrogens is 380 g/mol. The number of nitrogens with zero attached hydrogens (tertiary/aromatic N) is 1. The van der Waals surface area contributed by atoms with Gasteiger partial charge >= 0.3 is 5.97 Å². The van der Waals surface area contributed by atoms with Gasteiger partial charge in [0.2, 0.25) is 5.91 Å². The van der Waals surface area contributed by atoms with Crippen molar-refractivity contribution in [2.45, 2.75) is 45.1 Å². The largest absolute Gasteiger partial charge is 0.449 e. The Morgan fingerprint density at radius 3 is 2.47 bits per heavy atom. The number of carbonyl (C=O) groups excluding carboxylic acids is 3. The predicted octanol–water partition coefficient (Wildman–Crippen LogP) is 3.67. The molecule has 0 saturated carbocycles. The van der Waals surface area contributed by atoms with Crippen LogP contribution >= 0.6 is 0 Å². The molecule has 1 heterocycles. The lowest BCUT2D eigenvalue weighted by atomic mass is 9.96. The van der Waals surface area contributed by atoms with Crippen molar-refractivity contribution in [2.75, 3.05) is 18.0 Å². The first-order chi connectivity index (χ1) is 14.5. The molecule has 6 nitrogen and oxygen atoms in total. The third-order valence-corrected chi connectivity index (χ3v) is 5.43. The van der Waals surface area contributed by atoms with E-state index < -0.39 is 12.1 Å². The van der Waals surface area contributed by atoms with Gasteiger partial charge < -0.3 is 15.0 Å². The quantitative estimate of drug-likeness (QED) is 0.676. The summed E-state index contributed by atoms with van der Waals surface area (Å²) in [6.07, 6.45) is 1.19. The van der Waals surface area contributed by atoms with Gasteiger partial charge in [0.25, 0.3) is 5.91 Å².